The van der Waals surface area contributed by atoms with Gasteiger partial charge in [0.25, 0.3) is 5.69 Å². The summed E-state index contributed by atoms with van der Waals surface area (Å²) in [6.07, 6.45) is 1.27. The zero-order valence-corrected chi connectivity index (χ0v) is 16.0. The number of carbonyl (C=O) groups is 2. The van der Waals surface area contributed by atoms with E-state index in [4.69, 9.17) is 0 Å². The van der Waals surface area contributed by atoms with E-state index in [1.807, 2.05) is 19.1 Å². The normalized spacial score (nSPS) is 10.3. The maximum atomic E-state index is 12.1. The molecule has 0 aromatic heterocycles. The van der Waals surface area contributed by atoms with Crippen molar-refractivity contribution in [2.75, 3.05) is 16.4 Å². The predicted molar refractivity (Wildman–Crippen MR) is 107 cm³/mol. The SMILES string of the molecule is CCCC(=O)Nc1ccc(SCC(=O)Nc2cc([N+](=O)[O-])ccc2C)cc1. The zero-order valence-electron chi connectivity index (χ0n) is 15.2. The lowest BCUT2D eigenvalue weighted by Crippen LogP contribution is -2.15. The number of anilines is 2. The Hall–Kier alpha value is -2.87. The van der Waals surface area contributed by atoms with Crippen LogP contribution in [0.3, 0.4) is 0 Å². The molecule has 7 nitrogen and oxygen atoms in total. The first kappa shape index (κ1) is 20.4. The third-order valence-electron chi connectivity index (χ3n) is 3.69. The molecule has 27 heavy (non-hydrogen) atoms. The fraction of sp³-hybridized carbons (Fsp3) is 0.263. The molecule has 0 aliphatic rings. The summed E-state index contributed by atoms with van der Waals surface area (Å²) in [4.78, 5) is 35.0. The number of nitro benzene ring substituents is 1. The highest BCUT2D eigenvalue weighted by Crippen LogP contribution is 2.24. The molecule has 0 unspecified atom stereocenters. The number of hydrogen-bond donors (Lipinski definition) is 2. The van der Waals surface area contributed by atoms with E-state index in [1.54, 1.807) is 25.1 Å². The van der Waals surface area contributed by atoms with Crippen molar-refractivity contribution in [2.24, 2.45) is 0 Å². The first-order chi connectivity index (χ1) is 12.9. The van der Waals surface area contributed by atoms with Gasteiger partial charge in [0.2, 0.25) is 11.8 Å². The Morgan fingerprint density at radius 3 is 2.41 bits per heavy atom. The average Bonchev–Trinajstić information content (AvgIpc) is 2.63. The Bertz CT molecular complexity index is 837. The molecule has 0 fully saturated rings. The van der Waals surface area contributed by atoms with Crippen LogP contribution in [0.25, 0.3) is 0 Å². The molecule has 2 aromatic carbocycles. The standard InChI is InChI=1S/C19H21N3O4S/c1-3-4-18(23)20-14-6-9-16(10-7-14)27-12-19(24)21-17-11-15(22(25)26)8-5-13(17)2/h5-11H,3-4,12H2,1-2H3,(H,20,23)(H,21,24). The van der Waals surface area contributed by atoms with Gasteiger partial charge in [-0.2, -0.15) is 0 Å². The average molecular weight is 387 g/mol. The second-order valence-electron chi connectivity index (χ2n) is 5.92. The number of nitro groups is 1. The summed E-state index contributed by atoms with van der Waals surface area (Å²) in [5.41, 5.74) is 1.84. The van der Waals surface area contributed by atoms with Gasteiger partial charge in [0.05, 0.1) is 16.4 Å². The highest BCUT2D eigenvalue weighted by molar-refractivity contribution is 8.00. The molecular weight excluding hydrogens is 366 g/mol. The van der Waals surface area contributed by atoms with E-state index >= 15 is 0 Å². The summed E-state index contributed by atoms with van der Waals surface area (Å²) in [6.45, 7) is 3.72. The van der Waals surface area contributed by atoms with Crippen molar-refractivity contribution in [3.8, 4) is 0 Å². The number of carbonyl (C=O) groups excluding carboxylic acids is 2. The van der Waals surface area contributed by atoms with E-state index in [9.17, 15) is 19.7 Å². The second kappa shape index (κ2) is 9.72. The molecule has 0 atom stereocenters. The number of benzene rings is 2. The van der Waals surface area contributed by atoms with Crippen LogP contribution in [0, 0.1) is 17.0 Å². The monoisotopic (exact) mass is 387 g/mol. The molecule has 0 aliphatic heterocycles. The third kappa shape index (κ3) is 6.41. The lowest BCUT2D eigenvalue weighted by atomic mass is 10.2. The molecule has 0 saturated carbocycles. The van der Waals surface area contributed by atoms with Crippen molar-refractivity contribution in [3.63, 3.8) is 0 Å². The zero-order chi connectivity index (χ0) is 19.8. The molecule has 0 radical (unpaired) electrons. The Kier molecular flexibility index (Phi) is 7.36. The maximum absolute atomic E-state index is 12.1. The molecule has 142 valence electrons. The van der Waals surface area contributed by atoms with Crippen LogP contribution in [0.4, 0.5) is 17.1 Å². The molecule has 2 rings (SSSR count). The molecule has 0 aliphatic carbocycles. The van der Waals surface area contributed by atoms with Crippen LogP contribution >= 0.6 is 11.8 Å². The van der Waals surface area contributed by atoms with Crippen molar-refractivity contribution in [1.82, 2.24) is 0 Å². The summed E-state index contributed by atoms with van der Waals surface area (Å²) in [7, 11) is 0. The van der Waals surface area contributed by atoms with Gasteiger partial charge in [-0.25, -0.2) is 0 Å². The van der Waals surface area contributed by atoms with Gasteiger partial charge in [-0.15, -0.1) is 11.8 Å². The number of rotatable bonds is 8. The fourth-order valence-electron chi connectivity index (χ4n) is 2.28. The number of nitrogens with zero attached hydrogens (tertiary/aromatic N) is 1. The van der Waals surface area contributed by atoms with Crippen molar-refractivity contribution >= 4 is 40.6 Å². The van der Waals surface area contributed by atoms with Crippen LogP contribution in [-0.2, 0) is 9.59 Å². The van der Waals surface area contributed by atoms with Gasteiger partial charge in [-0.05, 0) is 43.2 Å². The van der Waals surface area contributed by atoms with Crippen molar-refractivity contribution in [2.45, 2.75) is 31.6 Å². The van der Waals surface area contributed by atoms with E-state index in [2.05, 4.69) is 10.6 Å². The Morgan fingerprint density at radius 2 is 1.78 bits per heavy atom. The van der Waals surface area contributed by atoms with E-state index < -0.39 is 4.92 Å². The molecular formula is C19H21N3O4S. The van der Waals surface area contributed by atoms with Crippen LogP contribution in [0.15, 0.2) is 47.4 Å². The Balaban J connectivity index is 1.89. The topological polar surface area (TPSA) is 101 Å². The number of thioether (sulfide) groups is 1. The van der Waals surface area contributed by atoms with E-state index in [0.29, 0.717) is 12.1 Å². The number of aryl methyl sites for hydroxylation is 1. The number of nitrogens with one attached hydrogen (secondary N) is 2. The number of non-ortho nitro benzene ring substituents is 1. The number of amides is 2. The molecule has 0 heterocycles. The van der Waals surface area contributed by atoms with Crippen LogP contribution in [0.1, 0.15) is 25.3 Å². The van der Waals surface area contributed by atoms with Gasteiger partial charge in [0.1, 0.15) is 0 Å². The summed E-state index contributed by atoms with van der Waals surface area (Å²) >= 11 is 1.34. The quantitative estimate of drug-likeness (QED) is 0.398. The molecule has 2 N–H and O–H groups in total. The summed E-state index contributed by atoms with van der Waals surface area (Å²) in [5, 5.41) is 16.4. The van der Waals surface area contributed by atoms with Crippen molar-refractivity contribution in [1.29, 1.82) is 0 Å². The smallest absolute Gasteiger partial charge is 0.271 e. The molecule has 0 bridgehead atoms. The summed E-state index contributed by atoms with van der Waals surface area (Å²) in [6, 6.07) is 11.6. The third-order valence-corrected chi connectivity index (χ3v) is 4.70. The molecule has 0 spiro atoms. The lowest BCUT2D eigenvalue weighted by Gasteiger charge is -2.09. The van der Waals surface area contributed by atoms with Gasteiger partial charge >= 0.3 is 0 Å². The summed E-state index contributed by atoms with van der Waals surface area (Å²) in [5.74, 6) is -0.0996. The number of hydrogen-bond acceptors (Lipinski definition) is 5. The van der Waals surface area contributed by atoms with Gasteiger partial charge in [0.15, 0.2) is 0 Å². The Morgan fingerprint density at radius 1 is 1.07 bits per heavy atom. The summed E-state index contributed by atoms with van der Waals surface area (Å²) < 4.78 is 0. The first-order valence-corrected chi connectivity index (χ1v) is 9.45. The van der Waals surface area contributed by atoms with E-state index in [1.165, 1.54) is 23.9 Å². The van der Waals surface area contributed by atoms with Crippen LogP contribution in [0.2, 0.25) is 0 Å². The van der Waals surface area contributed by atoms with E-state index in [-0.39, 0.29) is 23.3 Å². The van der Waals surface area contributed by atoms with Gasteiger partial charge < -0.3 is 10.6 Å². The first-order valence-electron chi connectivity index (χ1n) is 8.46. The second-order valence-corrected chi connectivity index (χ2v) is 6.96. The molecule has 2 aromatic rings. The molecule has 2 amide bonds. The van der Waals surface area contributed by atoms with Crippen LogP contribution < -0.4 is 10.6 Å². The minimum atomic E-state index is -0.495. The Labute approximate surface area is 161 Å². The van der Waals surface area contributed by atoms with Crippen molar-refractivity contribution in [3.05, 3.63) is 58.1 Å². The van der Waals surface area contributed by atoms with Gasteiger partial charge in [-0.3, -0.25) is 19.7 Å². The van der Waals surface area contributed by atoms with E-state index in [0.717, 1.165) is 22.6 Å². The largest absolute Gasteiger partial charge is 0.326 e. The predicted octanol–water partition coefficient (Wildman–Crippen LogP) is 4.37. The highest BCUT2D eigenvalue weighted by Gasteiger charge is 2.11. The fourth-order valence-corrected chi connectivity index (χ4v) is 2.98. The molecule has 0 saturated heterocycles. The minimum absolute atomic E-state index is 0.0235. The van der Waals surface area contributed by atoms with Gasteiger partial charge in [0, 0.05) is 29.1 Å². The minimum Gasteiger partial charge on any atom is -0.326 e. The lowest BCUT2D eigenvalue weighted by molar-refractivity contribution is -0.384. The van der Waals surface area contributed by atoms with Crippen LogP contribution in [0.5, 0.6) is 0 Å². The maximum Gasteiger partial charge on any atom is 0.271 e. The van der Waals surface area contributed by atoms with Crippen molar-refractivity contribution < 1.29 is 14.5 Å². The highest BCUT2D eigenvalue weighted by atomic mass is 32.2. The molecule has 8 heteroatoms. The van der Waals surface area contributed by atoms with Crippen LogP contribution in [-0.4, -0.2) is 22.5 Å². The van der Waals surface area contributed by atoms with Gasteiger partial charge in [-0.1, -0.05) is 13.0 Å².